The molecule has 1 amide bonds. The van der Waals surface area contributed by atoms with Crippen molar-refractivity contribution in [2.75, 3.05) is 19.8 Å². The van der Waals surface area contributed by atoms with Crippen molar-refractivity contribution in [1.82, 2.24) is 5.32 Å². The second-order valence-corrected chi connectivity index (χ2v) is 3.56. The summed E-state index contributed by atoms with van der Waals surface area (Å²) in [5.74, 6) is -0.0418. The van der Waals surface area contributed by atoms with E-state index in [0.29, 0.717) is 6.54 Å². The highest BCUT2D eigenvalue weighted by Gasteiger charge is 2.08. The van der Waals surface area contributed by atoms with Crippen molar-refractivity contribution in [3.05, 3.63) is 11.6 Å². The fourth-order valence-electron chi connectivity index (χ4n) is 1.31. The van der Waals surface area contributed by atoms with E-state index >= 15 is 0 Å². The SMILES string of the molecule is C[C@H](CN)NC(=O)C=C1CCOCC1.Cl. The minimum Gasteiger partial charge on any atom is -0.381 e. The maximum atomic E-state index is 11.4. The molecule has 1 atom stereocenters. The number of halogens is 1. The molecule has 1 aliphatic heterocycles. The van der Waals surface area contributed by atoms with Gasteiger partial charge in [-0.1, -0.05) is 5.57 Å². The summed E-state index contributed by atoms with van der Waals surface area (Å²) >= 11 is 0. The van der Waals surface area contributed by atoms with Crippen LogP contribution in [0.5, 0.6) is 0 Å². The number of amides is 1. The summed E-state index contributed by atoms with van der Waals surface area (Å²) in [4.78, 5) is 11.4. The molecule has 1 saturated heterocycles. The van der Waals surface area contributed by atoms with Gasteiger partial charge in [-0.05, 0) is 19.8 Å². The zero-order chi connectivity index (χ0) is 10.4. The van der Waals surface area contributed by atoms with Crippen LogP contribution in [-0.4, -0.2) is 31.7 Å². The number of ether oxygens (including phenoxy) is 1. The summed E-state index contributed by atoms with van der Waals surface area (Å²) in [5.41, 5.74) is 6.56. The predicted octanol–water partition coefficient (Wildman–Crippen LogP) is 0.608. The van der Waals surface area contributed by atoms with E-state index in [1.807, 2.05) is 6.92 Å². The molecule has 0 saturated carbocycles. The van der Waals surface area contributed by atoms with Crippen LogP contribution in [0, 0.1) is 0 Å². The van der Waals surface area contributed by atoms with Gasteiger partial charge in [0.1, 0.15) is 0 Å². The fraction of sp³-hybridized carbons (Fsp3) is 0.700. The lowest BCUT2D eigenvalue weighted by Gasteiger charge is -2.15. The Morgan fingerprint density at radius 3 is 2.73 bits per heavy atom. The maximum absolute atomic E-state index is 11.4. The van der Waals surface area contributed by atoms with Gasteiger partial charge in [0.15, 0.2) is 0 Å². The number of hydrogen-bond donors (Lipinski definition) is 2. The Hall–Kier alpha value is -0.580. The van der Waals surface area contributed by atoms with E-state index in [-0.39, 0.29) is 24.4 Å². The lowest BCUT2D eigenvalue weighted by atomic mass is 10.1. The summed E-state index contributed by atoms with van der Waals surface area (Å²) in [7, 11) is 0. The van der Waals surface area contributed by atoms with Gasteiger partial charge in [-0.3, -0.25) is 4.79 Å². The van der Waals surface area contributed by atoms with Crippen LogP contribution in [0.4, 0.5) is 0 Å². The highest BCUT2D eigenvalue weighted by molar-refractivity contribution is 5.88. The van der Waals surface area contributed by atoms with Crippen LogP contribution in [0.15, 0.2) is 11.6 Å². The molecule has 0 bridgehead atoms. The molecule has 1 fully saturated rings. The lowest BCUT2D eigenvalue weighted by Crippen LogP contribution is -2.37. The average Bonchev–Trinajstić information content (AvgIpc) is 2.19. The Balaban J connectivity index is 0.00000196. The first-order valence-electron chi connectivity index (χ1n) is 5.00. The van der Waals surface area contributed by atoms with Gasteiger partial charge in [0.2, 0.25) is 5.91 Å². The standard InChI is InChI=1S/C10H18N2O2.ClH/c1-8(7-11)12-10(13)6-9-2-4-14-5-3-9;/h6,8H,2-5,7,11H2,1H3,(H,12,13);1H/t8-;/m1./s1. The quantitative estimate of drug-likeness (QED) is 0.704. The minimum absolute atomic E-state index is 0. The first-order valence-corrected chi connectivity index (χ1v) is 5.00. The Morgan fingerprint density at radius 1 is 1.60 bits per heavy atom. The Morgan fingerprint density at radius 2 is 2.20 bits per heavy atom. The van der Waals surface area contributed by atoms with Gasteiger partial charge in [0.05, 0.1) is 13.2 Å². The summed E-state index contributed by atoms with van der Waals surface area (Å²) in [6.45, 7) is 3.82. The third kappa shape index (κ3) is 5.77. The van der Waals surface area contributed by atoms with Crippen molar-refractivity contribution in [2.24, 2.45) is 5.73 Å². The third-order valence-electron chi connectivity index (χ3n) is 2.21. The van der Waals surface area contributed by atoms with Gasteiger partial charge in [-0.25, -0.2) is 0 Å². The van der Waals surface area contributed by atoms with Crippen LogP contribution in [0.25, 0.3) is 0 Å². The average molecular weight is 235 g/mol. The van der Waals surface area contributed by atoms with E-state index in [4.69, 9.17) is 10.5 Å². The molecule has 0 aliphatic carbocycles. The smallest absolute Gasteiger partial charge is 0.244 e. The van der Waals surface area contributed by atoms with Crippen LogP contribution >= 0.6 is 12.4 Å². The first kappa shape index (κ1) is 14.4. The second-order valence-electron chi connectivity index (χ2n) is 3.56. The van der Waals surface area contributed by atoms with Crippen molar-refractivity contribution >= 4 is 18.3 Å². The van der Waals surface area contributed by atoms with Gasteiger partial charge < -0.3 is 15.8 Å². The summed E-state index contributed by atoms with van der Waals surface area (Å²) < 4.78 is 5.19. The van der Waals surface area contributed by atoms with Crippen molar-refractivity contribution in [2.45, 2.75) is 25.8 Å². The lowest BCUT2D eigenvalue weighted by molar-refractivity contribution is -0.117. The highest BCUT2D eigenvalue weighted by atomic mass is 35.5. The van der Waals surface area contributed by atoms with Gasteiger partial charge in [0, 0.05) is 18.7 Å². The number of nitrogens with two attached hydrogens (primary N) is 1. The van der Waals surface area contributed by atoms with Crippen LogP contribution < -0.4 is 11.1 Å². The van der Waals surface area contributed by atoms with Crippen LogP contribution in [0.3, 0.4) is 0 Å². The third-order valence-corrected chi connectivity index (χ3v) is 2.21. The van der Waals surface area contributed by atoms with Gasteiger partial charge in [-0.15, -0.1) is 12.4 Å². The number of rotatable bonds is 3. The topological polar surface area (TPSA) is 64.3 Å². The minimum atomic E-state index is -0.0418. The molecular weight excluding hydrogens is 216 g/mol. The maximum Gasteiger partial charge on any atom is 0.244 e. The largest absolute Gasteiger partial charge is 0.381 e. The van der Waals surface area contributed by atoms with E-state index in [1.54, 1.807) is 6.08 Å². The molecule has 0 aromatic rings. The normalized spacial score (nSPS) is 17.6. The van der Waals surface area contributed by atoms with Gasteiger partial charge >= 0.3 is 0 Å². The summed E-state index contributed by atoms with van der Waals surface area (Å²) in [5, 5.41) is 2.80. The number of nitrogens with one attached hydrogen (secondary N) is 1. The molecule has 3 N–H and O–H groups in total. The molecule has 1 rings (SSSR count). The zero-order valence-electron chi connectivity index (χ0n) is 8.99. The van der Waals surface area contributed by atoms with Gasteiger partial charge in [0.25, 0.3) is 0 Å². The summed E-state index contributed by atoms with van der Waals surface area (Å²) in [6, 6.07) is 0.0409. The van der Waals surface area contributed by atoms with E-state index in [0.717, 1.165) is 31.6 Å². The second kappa shape index (κ2) is 7.68. The molecule has 0 spiro atoms. The monoisotopic (exact) mass is 234 g/mol. The Bertz CT molecular complexity index is 223. The molecule has 0 aromatic carbocycles. The Kier molecular flexibility index (Phi) is 7.38. The molecule has 0 aromatic heterocycles. The molecule has 1 aliphatic rings. The van der Waals surface area contributed by atoms with E-state index < -0.39 is 0 Å². The van der Waals surface area contributed by atoms with Crippen LogP contribution in [0.2, 0.25) is 0 Å². The van der Waals surface area contributed by atoms with E-state index in [9.17, 15) is 4.79 Å². The molecule has 0 unspecified atom stereocenters. The molecular formula is C10H19ClN2O2. The van der Waals surface area contributed by atoms with E-state index in [1.165, 1.54) is 0 Å². The van der Waals surface area contributed by atoms with Crippen molar-refractivity contribution in [3.8, 4) is 0 Å². The van der Waals surface area contributed by atoms with Crippen LogP contribution in [0.1, 0.15) is 19.8 Å². The highest BCUT2D eigenvalue weighted by Crippen LogP contribution is 2.12. The van der Waals surface area contributed by atoms with Crippen molar-refractivity contribution in [1.29, 1.82) is 0 Å². The molecule has 88 valence electrons. The number of hydrogen-bond acceptors (Lipinski definition) is 3. The van der Waals surface area contributed by atoms with Gasteiger partial charge in [-0.2, -0.15) is 0 Å². The van der Waals surface area contributed by atoms with Crippen molar-refractivity contribution < 1.29 is 9.53 Å². The Labute approximate surface area is 96.6 Å². The zero-order valence-corrected chi connectivity index (χ0v) is 9.81. The van der Waals surface area contributed by atoms with Crippen LogP contribution in [-0.2, 0) is 9.53 Å². The first-order chi connectivity index (χ1) is 6.72. The molecule has 5 heteroatoms. The molecule has 1 heterocycles. The summed E-state index contributed by atoms with van der Waals surface area (Å²) in [6.07, 6.45) is 3.41. The molecule has 4 nitrogen and oxygen atoms in total. The predicted molar refractivity (Wildman–Crippen MR) is 62.0 cm³/mol. The van der Waals surface area contributed by atoms with Crippen molar-refractivity contribution in [3.63, 3.8) is 0 Å². The van der Waals surface area contributed by atoms with E-state index in [2.05, 4.69) is 5.32 Å². The fourth-order valence-corrected chi connectivity index (χ4v) is 1.31. The molecule has 0 radical (unpaired) electrons. The number of carbonyl (C=O) groups is 1. The molecule has 15 heavy (non-hydrogen) atoms. The number of carbonyl (C=O) groups excluding carboxylic acids is 1.